The molecule has 0 saturated carbocycles. The third-order valence-electron chi connectivity index (χ3n) is 3.69. The summed E-state index contributed by atoms with van der Waals surface area (Å²) < 4.78 is 5.96. The summed E-state index contributed by atoms with van der Waals surface area (Å²) in [5, 5.41) is 3.51. The van der Waals surface area contributed by atoms with Gasteiger partial charge >= 0.3 is 0 Å². The van der Waals surface area contributed by atoms with Crippen molar-refractivity contribution in [3.05, 3.63) is 29.8 Å². The highest BCUT2D eigenvalue weighted by Crippen LogP contribution is 2.19. The summed E-state index contributed by atoms with van der Waals surface area (Å²) in [6.45, 7) is 13.9. The van der Waals surface area contributed by atoms with E-state index in [1.54, 1.807) is 0 Å². The van der Waals surface area contributed by atoms with E-state index in [1.807, 2.05) is 6.07 Å². The van der Waals surface area contributed by atoms with Crippen LogP contribution in [0.15, 0.2) is 24.3 Å². The topological polar surface area (TPSA) is 24.5 Å². The van der Waals surface area contributed by atoms with E-state index in [1.165, 1.54) is 5.56 Å². The predicted molar refractivity (Wildman–Crippen MR) is 86.3 cm³/mol. The van der Waals surface area contributed by atoms with Crippen LogP contribution in [0.2, 0.25) is 0 Å². The molecule has 0 heterocycles. The van der Waals surface area contributed by atoms with E-state index < -0.39 is 0 Å². The zero-order chi connectivity index (χ0) is 14.8. The number of para-hydroxylation sites is 1. The number of rotatable bonds is 10. The molecule has 0 aliphatic carbocycles. The van der Waals surface area contributed by atoms with Crippen LogP contribution in [-0.2, 0) is 6.54 Å². The summed E-state index contributed by atoms with van der Waals surface area (Å²) in [6.07, 6.45) is 1.30. The maximum atomic E-state index is 5.96. The van der Waals surface area contributed by atoms with Gasteiger partial charge in [0.2, 0.25) is 0 Å². The number of ether oxygens (including phenoxy) is 1. The molecule has 0 radical (unpaired) electrons. The standard InChI is InChI=1S/C17H30N2O/c1-5-15(4)20-17-11-9-8-10-16(17)14-18-12-13-19(6-2)7-3/h8-11,15,18H,5-7,12-14H2,1-4H3. The molecule has 0 fully saturated rings. The SMILES string of the molecule is CCC(C)Oc1ccccc1CNCCN(CC)CC. The van der Waals surface area contributed by atoms with Gasteiger partial charge in [0.1, 0.15) is 5.75 Å². The summed E-state index contributed by atoms with van der Waals surface area (Å²) >= 11 is 0. The zero-order valence-electron chi connectivity index (χ0n) is 13.5. The Morgan fingerprint density at radius 2 is 1.85 bits per heavy atom. The Hall–Kier alpha value is -1.06. The van der Waals surface area contributed by atoms with Crippen LogP contribution in [0.4, 0.5) is 0 Å². The molecule has 114 valence electrons. The molecule has 0 saturated heterocycles. The summed E-state index contributed by atoms with van der Waals surface area (Å²) in [6, 6.07) is 8.32. The maximum Gasteiger partial charge on any atom is 0.124 e. The van der Waals surface area contributed by atoms with Gasteiger partial charge in [-0.3, -0.25) is 0 Å². The van der Waals surface area contributed by atoms with Crippen molar-refractivity contribution in [3.63, 3.8) is 0 Å². The van der Waals surface area contributed by atoms with E-state index in [9.17, 15) is 0 Å². The van der Waals surface area contributed by atoms with Gasteiger partial charge in [-0.2, -0.15) is 0 Å². The first-order chi connectivity index (χ1) is 9.71. The maximum absolute atomic E-state index is 5.96. The Bertz CT molecular complexity index is 364. The first kappa shape index (κ1) is 17.0. The van der Waals surface area contributed by atoms with Crippen LogP contribution < -0.4 is 10.1 Å². The Morgan fingerprint density at radius 1 is 1.15 bits per heavy atom. The van der Waals surface area contributed by atoms with Crippen molar-refractivity contribution >= 4 is 0 Å². The summed E-state index contributed by atoms with van der Waals surface area (Å²) in [4.78, 5) is 2.43. The number of nitrogens with zero attached hydrogens (tertiary/aromatic N) is 1. The highest BCUT2D eigenvalue weighted by molar-refractivity contribution is 5.33. The van der Waals surface area contributed by atoms with Gasteiger partial charge in [0.05, 0.1) is 6.10 Å². The van der Waals surface area contributed by atoms with Crippen LogP contribution in [-0.4, -0.2) is 37.2 Å². The Balaban J connectivity index is 2.43. The molecule has 3 nitrogen and oxygen atoms in total. The lowest BCUT2D eigenvalue weighted by atomic mass is 10.2. The second-order valence-corrected chi connectivity index (χ2v) is 5.15. The van der Waals surface area contributed by atoms with Crippen molar-refractivity contribution in [3.8, 4) is 5.75 Å². The molecule has 1 unspecified atom stereocenters. The van der Waals surface area contributed by atoms with Crippen LogP contribution in [0.1, 0.15) is 39.7 Å². The molecule has 1 atom stereocenters. The lowest BCUT2D eigenvalue weighted by Crippen LogP contribution is -2.31. The monoisotopic (exact) mass is 278 g/mol. The summed E-state index contributed by atoms with van der Waals surface area (Å²) in [7, 11) is 0. The van der Waals surface area contributed by atoms with Gasteiger partial charge in [0, 0.05) is 25.2 Å². The van der Waals surface area contributed by atoms with E-state index in [2.05, 4.69) is 56.1 Å². The van der Waals surface area contributed by atoms with Gasteiger partial charge < -0.3 is 15.0 Å². The van der Waals surface area contributed by atoms with Gasteiger partial charge in [0.15, 0.2) is 0 Å². The third-order valence-corrected chi connectivity index (χ3v) is 3.69. The molecular weight excluding hydrogens is 248 g/mol. The number of hydrogen-bond donors (Lipinski definition) is 1. The van der Waals surface area contributed by atoms with Crippen molar-refractivity contribution < 1.29 is 4.74 Å². The molecule has 1 N–H and O–H groups in total. The van der Waals surface area contributed by atoms with Crippen molar-refractivity contribution in [2.24, 2.45) is 0 Å². The van der Waals surface area contributed by atoms with Gasteiger partial charge in [-0.05, 0) is 32.5 Å². The lowest BCUT2D eigenvalue weighted by Gasteiger charge is -2.19. The van der Waals surface area contributed by atoms with Crippen molar-refractivity contribution in [1.82, 2.24) is 10.2 Å². The summed E-state index contributed by atoms with van der Waals surface area (Å²) in [5.41, 5.74) is 1.24. The average Bonchev–Trinajstić information content (AvgIpc) is 2.48. The first-order valence-corrected chi connectivity index (χ1v) is 7.88. The average molecular weight is 278 g/mol. The van der Waals surface area contributed by atoms with E-state index in [0.29, 0.717) is 0 Å². The van der Waals surface area contributed by atoms with E-state index >= 15 is 0 Å². The quantitative estimate of drug-likeness (QED) is 0.665. The third kappa shape index (κ3) is 5.93. The Labute approximate surface area is 124 Å². The zero-order valence-corrected chi connectivity index (χ0v) is 13.5. The van der Waals surface area contributed by atoms with Crippen molar-refractivity contribution in [1.29, 1.82) is 0 Å². The minimum Gasteiger partial charge on any atom is -0.490 e. The molecule has 0 aliphatic rings. The smallest absolute Gasteiger partial charge is 0.124 e. The number of likely N-dealkylation sites (N-methyl/N-ethyl adjacent to an activating group) is 1. The largest absolute Gasteiger partial charge is 0.490 e. The highest BCUT2D eigenvalue weighted by atomic mass is 16.5. The molecule has 0 aromatic heterocycles. The Kier molecular flexibility index (Phi) is 8.31. The van der Waals surface area contributed by atoms with Crippen molar-refractivity contribution in [2.45, 2.75) is 46.8 Å². The number of nitrogens with one attached hydrogen (secondary N) is 1. The minimum atomic E-state index is 0.270. The van der Waals surface area contributed by atoms with Crippen LogP contribution >= 0.6 is 0 Å². The van der Waals surface area contributed by atoms with Crippen LogP contribution in [0, 0.1) is 0 Å². The normalized spacial score (nSPS) is 12.7. The van der Waals surface area contributed by atoms with E-state index in [4.69, 9.17) is 4.74 Å². The molecule has 1 aromatic carbocycles. The molecule has 0 bridgehead atoms. The molecule has 20 heavy (non-hydrogen) atoms. The Morgan fingerprint density at radius 3 is 2.50 bits per heavy atom. The molecule has 0 spiro atoms. The number of hydrogen-bond acceptors (Lipinski definition) is 3. The second kappa shape index (κ2) is 9.78. The van der Waals surface area contributed by atoms with Crippen molar-refractivity contribution in [2.75, 3.05) is 26.2 Å². The molecular formula is C17H30N2O. The molecule has 1 rings (SSSR count). The highest BCUT2D eigenvalue weighted by Gasteiger charge is 2.06. The fourth-order valence-electron chi connectivity index (χ4n) is 2.06. The lowest BCUT2D eigenvalue weighted by molar-refractivity contribution is 0.214. The molecule has 0 amide bonds. The summed E-state index contributed by atoms with van der Waals surface area (Å²) in [5.74, 6) is 1.01. The second-order valence-electron chi connectivity index (χ2n) is 5.15. The van der Waals surface area contributed by atoms with E-state index in [-0.39, 0.29) is 6.10 Å². The molecule has 1 aromatic rings. The fourth-order valence-corrected chi connectivity index (χ4v) is 2.06. The minimum absolute atomic E-state index is 0.270. The van der Waals surface area contributed by atoms with Crippen LogP contribution in [0.5, 0.6) is 5.75 Å². The van der Waals surface area contributed by atoms with Gasteiger partial charge in [-0.25, -0.2) is 0 Å². The van der Waals surface area contributed by atoms with Gasteiger partial charge in [-0.15, -0.1) is 0 Å². The van der Waals surface area contributed by atoms with Gasteiger partial charge in [-0.1, -0.05) is 39.0 Å². The predicted octanol–water partition coefficient (Wildman–Crippen LogP) is 3.30. The van der Waals surface area contributed by atoms with E-state index in [0.717, 1.165) is 44.9 Å². The first-order valence-electron chi connectivity index (χ1n) is 7.88. The molecule has 0 aliphatic heterocycles. The molecule has 3 heteroatoms. The van der Waals surface area contributed by atoms with Gasteiger partial charge in [0.25, 0.3) is 0 Å². The number of benzene rings is 1. The van der Waals surface area contributed by atoms with Crippen LogP contribution in [0.25, 0.3) is 0 Å². The van der Waals surface area contributed by atoms with Crippen LogP contribution in [0.3, 0.4) is 0 Å². The fraction of sp³-hybridized carbons (Fsp3) is 0.647.